The fraction of sp³-hybridized carbons (Fsp3) is 0.571. The van der Waals surface area contributed by atoms with E-state index in [0.717, 1.165) is 23.8 Å². The molecule has 0 amide bonds. The molecule has 4 heteroatoms. The number of hydrogen-bond acceptors (Lipinski definition) is 4. The molecule has 4 rings (SSSR count). The second-order valence-electron chi connectivity index (χ2n) is 8.16. The van der Waals surface area contributed by atoms with E-state index in [1.165, 1.54) is 57.4 Å². The van der Waals surface area contributed by atoms with Crippen LogP contribution in [0.15, 0.2) is 41.3 Å². The number of benzene rings is 1. The molecule has 4 nitrogen and oxygen atoms in total. The van der Waals surface area contributed by atoms with E-state index in [1.54, 1.807) is 6.20 Å². The van der Waals surface area contributed by atoms with E-state index in [0.29, 0.717) is 5.41 Å². The van der Waals surface area contributed by atoms with E-state index in [-0.39, 0.29) is 0 Å². The van der Waals surface area contributed by atoms with Gasteiger partial charge in [-0.05, 0) is 62.4 Å². The van der Waals surface area contributed by atoms with Crippen LogP contribution < -0.4 is 0 Å². The molecule has 2 aliphatic rings. The molecular weight excluding hydrogens is 310 g/mol. The predicted octanol–water partition coefficient (Wildman–Crippen LogP) is 3.90. The number of nitrogens with zero attached hydrogens (tertiary/aromatic N) is 3. The van der Waals surface area contributed by atoms with Gasteiger partial charge < -0.3 is 9.32 Å². The second kappa shape index (κ2) is 6.93. The zero-order valence-electron chi connectivity index (χ0n) is 15.4. The Morgan fingerprint density at radius 1 is 1.28 bits per heavy atom. The molecule has 2 saturated heterocycles. The monoisotopic (exact) mass is 339 g/mol. The summed E-state index contributed by atoms with van der Waals surface area (Å²) in [6.45, 7) is 8.47. The molecule has 134 valence electrons. The van der Waals surface area contributed by atoms with Crippen LogP contribution >= 0.6 is 0 Å². The molecule has 2 fully saturated rings. The zero-order valence-corrected chi connectivity index (χ0v) is 15.4. The van der Waals surface area contributed by atoms with E-state index in [4.69, 9.17) is 4.42 Å². The van der Waals surface area contributed by atoms with Crippen LogP contribution in [0.1, 0.15) is 31.7 Å². The number of piperidine rings is 2. The number of hydrogen-bond donors (Lipinski definition) is 0. The third-order valence-electron chi connectivity index (χ3n) is 6.35. The minimum absolute atomic E-state index is 0.547. The van der Waals surface area contributed by atoms with Crippen molar-refractivity contribution in [2.75, 3.05) is 33.2 Å². The highest BCUT2D eigenvalue weighted by molar-refractivity contribution is 5.57. The molecule has 0 N–H and O–H groups in total. The standard InChI is InChI=1S/C21H29N3O/c1-17-13-24(10-8-21(17)7-4-9-23(2)15-21)14-18-5-3-6-19(11-18)20-12-22-16-25-20/h3,5-6,11-12,16-17H,4,7-10,13-15H2,1-2H3. The number of rotatable bonds is 3. The summed E-state index contributed by atoms with van der Waals surface area (Å²) >= 11 is 0. The van der Waals surface area contributed by atoms with Crippen molar-refractivity contribution in [3.8, 4) is 11.3 Å². The average molecular weight is 339 g/mol. The van der Waals surface area contributed by atoms with Crippen molar-refractivity contribution in [3.63, 3.8) is 0 Å². The number of aromatic nitrogens is 1. The lowest BCUT2D eigenvalue weighted by molar-refractivity contribution is -0.0156. The lowest BCUT2D eigenvalue weighted by Crippen LogP contribution is -2.53. The van der Waals surface area contributed by atoms with Crippen LogP contribution in [0.2, 0.25) is 0 Å². The number of likely N-dealkylation sites (tertiary alicyclic amines) is 2. The van der Waals surface area contributed by atoms with Gasteiger partial charge in [0.25, 0.3) is 0 Å². The predicted molar refractivity (Wildman–Crippen MR) is 100 cm³/mol. The minimum Gasteiger partial charge on any atom is -0.444 e. The van der Waals surface area contributed by atoms with Gasteiger partial charge in [-0.25, -0.2) is 4.98 Å². The summed E-state index contributed by atoms with van der Waals surface area (Å²) in [4.78, 5) is 9.19. The van der Waals surface area contributed by atoms with Gasteiger partial charge in [0.15, 0.2) is 12.2 Å². The van der Waals surface area contributed by atoms with Crippen molar-refractivity contribution in [2.24, 2.45) is 11.3 Å². The highest BCUT2D eigenvalue weighted by Crippen LogP contribution is 2.43. The topological polar surface area (TPSA) is 32.5 Å². The Kier molecular flexibility index (Phi) is 4.65. The first-order valence-electron chi connectivity index (χ1n) is 9.53. The summed E-state index contributed by atoms with van der Waals surface area (Å²) < 4.78 is 5.44. The average Bonchev–Trinajstić information content (AvgIpc) is 3.14. The van der Waals surface area contributed by atoms with Crippen molar-refractivity contribution >= 4 is 0 Å². The minimum atomic E-state index is 0.547. The smallest absolute Gasteiger partial charge is 0.181 e. The lowest BCUT2D eigenvalue weighted by Gasteiger charge is -2.51. The van der Waals surface area contributed by atoms with Gasteiger partial charge in [-0.1, -0.05) is 25.1 Å². The summed E-state index contributed by atoms with van der Waals surface area (Å²) in [5, 5.41) is 0. The van der Waals surface area contributed by atoms with Gasteiger partial charge in [0.05, 0.1) is 6.20 Å². The van der Waals surface area contributed by atoms with Gasteiger partial charge in [0.2, 0.25) is 0 Å². The van der Waals surface area contributed by atoms with Gasteiger partial charge in [0, 0.05) is 25.2 Å². The third-order valence-corrected chi connectivity index (χ3v) is 6.35. The van der Waals surface area contributed by atoms with Crippen LogP contribution in [0.3, 0.4) is 0 Å². The zero-order chi connectivity index (χ0) is 17.3. The number of oxazole rings is 1. The van der Waals surface area contributed by atoms with Crippen LogP contribution in [0.25, 0.3) is 11.3 Å². The van der Waals surface area contributed by atoms with Gasteiger partial charge in [0.1, 0.15) is 0 Å². The lowest BCUT2D eigenvalue weighted by atomic mass is 9.66. The molecule has 0 bridgehead atoms. The van der Waals surface area contributed by atoms with Crippen LogP contribution in [-0.2, 0) is 6.54 Å². The first kappa shape index (κ1) is 16.8. The van der Waals surface area contributed by atoms with Crippen LogP contribution in [-0.4, -0.2) is 48.0 Å². The van der Waals surface area contributed by atoms with Crippen LogP contribution in [0, 0.1) is 11.3 Å². The third kappa shape index (κ3) is 3.51. The Hall–Kier alpha value is -1.65. The molecule has 2 aromatic rings. The van der Waals surface area contributed by atoms with Crippen molar-refractivity contribution < 1.29 is 4.42 Å². The fourth-order valence-corrected chi connectivity index (χ4v) is 4.89. The normalized spacial score (nSPS) is 28.5. The van der Waals surface area contributed by atoms with Gasteiger partial charge in [-0.3, -0.25) is 4.90 Å². The van der Waals surface area contributed by atoms with E-state index in [2.05, 4.69) is 53.0 Å². The summed E-state index contributed by atoms with van der Waals surface area (Å²) in [6.07, 6.45) is 7.38. The van der Waals surface area contributed by atoms with Crippen molar-refractivity contribution in [3.05, 3.63) is 42.4 Å². The van der Waals surface area contributed by atoms with Gasteiger partial charge >= 0.3 is 0 Å². The van der Waals surface area contributed by atoms with Crippen molar-refractivity contribution in [1.29, 1.82) is 0 Å². The molecule has 0 aliphatic carbocycles. The molecule has 0 radical (unpaired) electrons. The largest absolute Gasteiger partial charge is 0.444 e. The second-order valence-corrected chi connectivity index (χ2v) is 8.16. The van der Waals surface area contributed by atoms with Crippen molar-refractivity contribution in [1.82, 2.24) is 14.8 Å². The maximum absolute atomic E-state index is 5.44. The summed E-state index contributed by atoms with van der Waals surface area (Å²) in [6, 6.07) is 8.68. The van der Waals surface area contributed by atoms with E-state index in [1.807, 2.05) is 0 Å². The Morgan fingerprint density at radius 3 is 2.96 bits per heavy atom. The molecule has 1 aromatic heterocycles. The van der Waals surface area contributed by atoms with Crippen molar-refractivity contribution in [2.45, 2.75) is 32.7 Å². The van der Waals surface area contributed by atoms with Gasteiger partial charge in [-0.15, -0.1) is 0 Å². The highest BCUT2D eigenvalue weighted by Gasteiger charge is 2.42. The fourth-order valence-electron chi connectivity index (χ4n) is 4.89. The van der Waals surface area contributed by atoms with Gasteiger partial charge in [-0.2, -0.15) is 0 Å². The van der Waals surface area contributed by atoms with E-state index in [9.17, 15) is 0 Å². The Morgan fingerprint density at radius 2 is 2.20 bits per heavy atom. The Labute approximate surface area is 150 Å². The SMILES string of the molecule is CC1CN(Cc2cccc(-c3cnco3)c2)CCC12CCCN(C)C2. The summed E-state index contributed by atoms with van der Waals surface area (Å²) in [5.41, 5.74) is 3.02. The van der Waals surface area contributed by atoms with E-state index >= 15 is 0 Å². The Balaban J connectivity index is 1.42. The highest BCUT2D eigenvalue weighted by atomic mass is 16.3. The molecular formula is C21H29N3O. The Bertz CT molecular complexity index is 699. The maximum atomic E-state index is 5.44. The molecule has 2 aliphatic heterocycles. The molecule has 1 aromatic carbocycles. The molecule has 2 atom stereocenters. The molecule has 0 saturated carbocycles. The molecule has 3 heterocycles. The molecule has 1 spiro atoms. The summed E-state index contributed by atoms with van der Waals surface area (Å²) in [7, 11) is 2.29. The summed E-state index contributed by atoms with van der Waals surface area (Å²) in [5.74, 6) is 1.61. The maximum Gasteiger partial charge on any atom is 0.181 e. The molecule has 25 heavy (non-hydrogen) atoms. The van der Waals surface area contributed by atoms with E-state index < -0.39 is 0 Å². The van der Waals surface area contributed by atoms with Crippen LogP contribution in [0.4, 0.5) is 0 Å². The first-order chi connectivity index (χ1) is 12.1. The quantitative estimate of drug-likeness (QED) is 0.849. The molecule has 2 unspecified atom stereocenters. The first-order valence-corrected chi connectivity index (χ1v) is 9.53. The van der Waals surface area contributed by atoms with Crippen LogP contribution in [0.5, 0.6) is 0 Å².